The van der Waals surface area contributed by atoms with Crippen LogP contribution in [0, 0.1) is 11.8 Å². The van der Waals surface area contributed by atoms with Crippen LogP contribution in [0.15, 0.2) is 12.5 Å². The highest BCUT2D eigenvalue weighted by molar-refractivity contribution is 5.96. The Bertz CT molecular complexity index is 858. The number of hydrogen-bond acceptors (Lipinski definition) is 7. The number of nitrogens with zero attached hydrogens (tertiary/aromatic N) is 1. The number of aliphatic carboxylic acids is 1. The van der Waals surface area contributed by atoms with E-state index in [0.717, 1.165) is 0 Å². The van der Waals surface area contributed by atoms with Gasteiger partial charge in [-0.05, 0) is 11.8 Å². The number of H-pyrrole nitrogens is 1. The van der Waals surface area contributed by atoms with Crippen LogP contribution in [-0.4, -0.2) is 68.8 Å². The maximum absolute atomic E-state index is 12.9. The molecule has 0 spiro atoms. The molecule has 0 fully saturated rings. The summed E-state index contributed by atoms with van der Waals surface area (Å²) in [4.78, 5) is 67.9. The van der Waals surface area contributed by atoms with E-state index in [2.05, 4.69) is 25.9 Å². The molecule has 0 aromatic carbocycles. The summed E-state index contributed by atoms with van der Waals surface area (Å²) in [5.74, 6) is -4.87. The van der Waals surface area contributed by atoms with Crippen LogP contribution < -0.4 is 27.4 Å². The summed E-state index contributed by atoms with van der Waals surface area (Å²) in [6.45, 7) is 7.07. The van der Waals surface area contributed by atoms with Crippen LogP contribution >= 0.6 is 0 Å². The SMILES string of the molecule is CCC(C)C(N)C(=O)NC(C(=O)NC(CC(N)=O)C(=O)NC(Cc1cnc[nH]1)C(=O)O)C(C)C. The number of hydrogen-bond donors (Lipinski definition) is 7. The minimum absolute atomic E-state index is 0.101. The van der Waals surface area contributed by atoms with Gasteiger partial charge >= 0.3 is 5.97 Å². The average molecular weight is 482 g/mol. The lowest BCUT2D eigenvalue weighted by Crippen LogP contribution is -2.59. The maximum Gasteiger partial charge on any atom is 0.326 e. The number of rotatable bonds is 14. The number of amides is 4. The van der Waals surface area contributed by atoms with E-state index in [-0.39, 0.29) is 18.3 Å². The fourth-order valence-corrected chi connectivity index (χ4v) is 3.06. The highest BCUT2D eigenvalue weighted by Crippen LogP contribution is 2.09. The third-order valence-electron chi connectivity index (χ3n) is 5.44. The molecule has 34 heavy (non-hydrogen) atoms. The quantitative estimate of drug-likeness (QED) is 0.163. The van der Waals surface area contributed by atoms with Crippen molar-refractivity contribution in [3.05, 3.63) is 18.2 Å². The Balaban J connectivity index is 2.97. The molecule has 13 heteroatoms. The van der Waals surface area contributed by atoms with Gasteiger partial charge in [-0.3, -0.25) is 19.2 Å². The van der Waals surface area contributed by atoms with Gasteiger partial charge in [-0.15, -0.1) is 0 Å². The number of carbonyl (C=O) groups excluding carboxylic acids is 4. The lowest BCUT2D eigenvalue weighted by atomic mass is 9.97. The van der Waals surface area contributed by atoms with Crippen LogP contribution in [0.25, 0.3) is 0 Å². The molecule has 0 aliphatic carbocycles. The molecule has 0 aliphatic rings. The molecular weight excluding hydrogens is 446 g/mol. The molecule has 190 valence electrons. The molecule has 5 unspecified atom stereocenters. The predicted molar refractivity (Wildman–Crippen MR) is 122 cm³/mol. The monoisotopic (exact) mass is 481 g/mol. The molecule has 13 nitrogen and oxygen atoms in total. The Kier molecular flexibility index (Phi) is 11.2. The molecule has 1 aromatic heterocycles. The highest BCUT2D eigenvalue weighted by Gasteiger charge is 2.33. The van der Waals surface area contributed by atoms with Crippen molar-refractivity contribution in [3.63, 3.8) is 0 Å². The van der Waals surface area contributed by atoms with Crippen molar-refractivity contribution in [2.24, 2.45) is 23.3 Å². The molecule has 0 saturated heterocycles. The number of aromatic amines is 1. The van der Waals surface area contributed by atoms with Gasteiger partial charge in [0.15, 0.2) is 0 Å². The van der Waals surface area contributed by atoms with Crippen molar-refractivity contribution >= 4 is 29.6 Å². The van der Waals surface area contributed by atoms with Gasteiger partial charge in [0.05, 0.1) is 18.8 Å². The van der Waals surface area contributed by atoms with E-state index in [4.69, 9.17) is 11.5 Å². The Hall–Kier alpha value is -3.48. The summed E-state index contributed by atoms with van der Waals surface area (Å²) >= 11 is 0. The van der Waals surface area contributed by atoms with Crippen molar-refractivity contribution in [1.29, 1.82) is 0 Å². The molecule has 9 N–H and O–H groups in total. The number of primary amides is 1. The minimum Gasteiger partial charge on any atom is -0.480 e. The first-order chi connectivity index (χ1) is 15.9. The number of aromatic nitrogens is 2. The average Bonchev–Trinajstić information content (AvgIpc) is 3.27. The smallest absolute Gasteiger partial charge is 0.326 e. The van der Waals surface area contributed by atoms with Crippen molar-refractivity contribution in [2.75, 3.05) is 0 Å². The van der Waals surface area contributed by atoms with E-state index in [1.54, 1.807) is 13.8 Å². The molecule has 5 atom stereocenters. The molecule has 0 bridgehead atoms. The molecular formula is C21H35N7O6. The number of imidazole rings is 1. The number of nitrogens with one attached hydrogen (secondary N) is 4. The van der Waals surface area contributed by atoms with E-state index in [0.29, 0.717) is 12.1 Å². The molecule has 1 rings (SSSR count). The van der Waals surface area contributed by atoms with Gasteiger partial charge in [0.1, 0.15) is 18.1 Å². The highest BCUT2D eigenvalue weighted by atomic mass is 16.4. The second kappa shape index (κ2) is 13.3. The standard InChI is InChI=1S/C21H35N7O6/c1-5-11(4)16(23)19(31)28-17(10(2)3)20(32)26-13(7-15(22)29)18(30)27-14(21(33)34)6-12-8-24-9-25-12/h8-11,13-14,16-17H,5-7,23H2,1-4H3,(H2,22,29)(H,24,25)(H,26,32)(H,27,30)(H,28,31)(H,33,34). The summed E-state index contributed by atoms with van der Waals surface area (Å²) in [6.07, 6.45) is 2.76. The van der Waals surface area contributed by atoms with E-state index >= 15 is 0 Å². The molecule has 0 aliphatic heterocycles. The van der Waals surface area contributed by atoms with Crippen molar-refractivity contribution in [3.8, 4) is 0 Å². The summed E-state index contributed by atoms with van der Waals surface area (Å²) < 4.78 is 0. The second-order valence-corrected chi connectivity index (χ2v) is 8.55. The Morgan fingerprint density at radius 3 is 2.12 bits per heavy atom. The Morgan fingerprint density at radius 2 is 1.65 bits per heavy atom. The number of carboxylic acids is 1. The fourth-order valence-electron chi connectivity index (χ4n) is 3.06. The van der Waals surface area contributed by atoms with Crippen LogP contribution in [0.3, 0.4) is 0 Å². The van der Waals surface area contributed by atoms with Gasteiger partial charge in [0, 0.05) is 18.3 Å². The van der Waals surface area contributed by atoms with Gasteiger partial charge in [-0.2, -0.15) is 0 Å². The number of nitrogens with two attached hydrogens (primary N) is 2. The number of carboxylic acid groups (broad SMARTS) is 1. The zero-order valence-corrected chi connectivity index (χ0v) is 19.8. The summed E-state index contributed by atoms with van der Waals surface area (Å²) in [5.41, 5.74) is 11.6. The second-order valence-electron chi connectivity index (χ2n) is 8.55. The lowest BCUT2D eigenvalue weighted by Gasteiger charge is -2.27. The van der Waals surface area contributed by atoms with Gasteiger partial charge in [-0.1, -0.05) is 34.1 Å². The van der Waals surface area contributed by atoms with Gasteiger partial charge in [0.2, 0.25) is 23.6 Å². The zero-order valence-electron chi connectivity index (χ0n) is 19.8. The van der Waals surface area contributed by atoms with Crippen molar-refractivity contribution in [2.45, 2.75) is 71.1 Å². The van der Waals surface area contributed by atoms with Crippen LogP contribution in [0.2, 0.25) is 0 Å². The Morgan fingerprint density at radius 1 is 1.03 bits per heavy atom. The summed E-state index contributed by atoms with van der Waals surface area (Å²) in [7, 11) is 0. The van der Waals surface area contributed by atoms with Gasteiger partial charge in [0.25, 0.3) is 0 Å². The summed E-state index contributed by atoms with van der Waals surface area (Å²) in [6, 6.07) is -4.68. The molecule has 1 heterocycles. The third kappa shape index (κ3) is 8.81. The summed E-state index contributed by atoms with van der Waals surface area (Å²) in [5, 5.41) is 16.7. The van der Waals surface area contributed by atoms with Crippen molar-refractivity contribution in [1.82, 2.24) is 25.9 Å². The Labute approximate surface area is 197 Å². The van der Waals surface area contributed by atoms with Crippen molar-refractivity contribution < 1.29 is 29.1 Å². The van der Waals surface area contributed by atoms with E-state index in [1.165, 1.54) is 12.5 Å². The van der Waals surface area contributed by atoms with Crippen LogP contribution in [0.4, 0.5) is 0 Å². The molecule has 0 saturated carbocycles. The largest absolute Gasteiger partial charge is 0.480 e. The lowest BCUT2D eigenvalue weighted by molar-refractivity contribution is -0.142. The normalized spacial score (nSPS) is 15.5. The zero-order chi connectivity index (χ0) is 26.0. The third-order valence-corrected chi connectivity index (χ3v) is 5.44. The number of carbonyl (C=O) groups is 5. The van der Waals surface area contributed by atoms with Gasteiger partial charge < -0.3 is 37.5 Å². The van der Waals surface area contributed by atoms with Crippen LogP contribution in [0.1, 0.15) is 46.2 Å². The van der Waals surface area contributed by atoms with Crippen LogP contribution in [0.5, 0.6) is 0 Å². The first kappa shape index (κ1) is 28.6. The molecule has 4 amide bonds. The van der Waals surface area contributed by atoms with Gasteiger partial charge in [-0.25, -0.2) is 9.78 Å². The minimum atomic E-state index is -1.45. The van der Waals surface area contributed by atoms with E-state index in [1.807, 2.05) is 13.8 Å². The topological polar surface area (TPSA) is 222 Å². The van der Waals surface area contributed by atoms with Crippen LogP contribution in [-0.2, 0) is 30.4 Å². The molecule has 0 radical (unpaired) electrons. The molecule has 1 aromatic rings. The predicted octanol–water partition coefficient (Wildman–Crippen LogP) is -1.60. The maximum atomic E-state index is 12.9. The fraction of sp³-hybridized carbons (Fsp3) is 0.619. The first-order valence-corrected chi connectivity index (χ1v) is 11.0. The first-order valence-electron chi connectivity index (χ1n) is 11.0. The van der Waals surface area contributed by atoms with E-state index < -0.39 is 60.2 Å². The van der Waals surface area contributed by atoms with E-state index in [9.17, 15) is 29.1 Å².